The average Bonchev–Trinajstić information content (AvgIpc) is 2.99. The normalized spacial score (nSPS) is 19.7. The number of benzene rings is 2. The molecule has 1 unspecified atom stereocenters. The van der Waals surface area contributed by atoms with Gasteiger partial charge in [-0.05, 0) is 30.7 Å². The van der Waals surface area contributed by atoms with Gasteiger partial charge in [-0.2, -0.15) is 10.1 Å². The van der Waals surface area contributed by atoms with Crippen molar-refractivity contribution in [3.63, 3.8) is 0 Å². The molecule has 6 heteroatoms. The molecule has 1 aliphatic heterocycles. The summed E-state index contributed by atoms with van der Waals surface area (Å²) in [5.41, 5.74) is 0.241. The van der Waals surface area contributed by atoms with Gasteiger partial charge in [0, 0.05) is 22.2 Å². The largest absolute Gasteiger partial charge is 0.496 e. The lowest BCUT2D eigenvalue weighted by molar-refractivity contribution is -0.0766. The summed E-state index contributed by atoms with van der Waals surface area (Å²) < 4.78 is 6.19. The monoisotopic (exact) mass is 402 g/mol. The van der Waals surface area contributed by atoms with Crippen LogP contribution in [0.15, 0.2) is 58.1 Å². The maximum atomic E-state index is 13.1. The number of nitrogens with zero attached hydrogens (tertiary/aromatic N) is 2. The van der Waals surface area contributed by atoms with Gasteiger partial charge in [-0.1, -0.05) is 47.1 Å². The molecule has 25 heavy (non-hydrogen) atoms. The molecule has 1 atom stereocenters. The van der Waals surface area contributed by atoms with Crippen molar-refractivity contribution in [3.05, 3.63) is 64.1 Å². The van der Waals surface area contributed by atoms with Gasteiger partial charge in [0.2, 0.25) is 0 Å². The van der Waals surface area contributed by atoms with E-state index in [0.29, 0.717) is 23.3 Å². The molecule has 2 aromatic carbocycles. The molecule has 0 aliphatic carbocycles. The van der Waals surface area contributed by atoms with Crippen LogP contribution in [-0.4, -0.2) is 28.8 Å². The maximum absolute atomic E-state index is 13.1. The molecule has 130 valence electrons. The van der Waals surface area contributed by atoms with Gasteiger partial charge in [0.1, 0.15) is 5.75 Å². The molecule has 0 fully saturated rings. The summed E-state index contributed by atoms with van der Waals surface area (Å²) in [7, 11) is 1.51. The highest BCUT2D eigenvalue weighted by Gasteiger charge is 2.46. The van der Waals surface area contributed by atoms with E-state index in [9.17, 15) is 9.90 Å². The molecule has 0 saturated heterocycles. The summed E-state index contributed by atoms with van der Waals surface area (Å²) in [6.07, 6.45) is 0.945. The molecular weight excluding hydrogens is 384 g/mol. The first kappa shape index (κ1) is 17.6. The van der Waals surface area contributed by atoms with Crippen LogP contribution in [0.1, 0.15) is 35.7 Å². The first-order chi connectivity index (χ1) is 12.0. The number of methoxy groups -OCH3 is 1. The second-order valence-corrected chi connectivity index (χ2v) is 6.75. The summed E-state index contributed by atoms with van der Waals surface area (Å²) in [6, 6.07) is 14.2. The fourth-order valence-electron chi connectivity index (χ4n) is 2.90. The molecule has 0 bridgehead atoms. The van der Waals surface area contributed by atoms with Crippen LogP contribution in [0.25, 0.3) is 0 Å². The maximum Gasteiger partial charge on any atom is 0.280 e. The Balaban J connectivity index is 2.05. The van der Waals surface area contributed by atoms with E-state index in [2.05, 4.69) is 21.0 Å². The van der Waals surface area contributed by atoms with E-state index in [-0.39, 0.29) is 6.42 Å². The number of carbonyl (C=O) groups excluding carboxylic acids is 1. The number of carbonyl (C=O) groups is 1. The third kappa shape index (κ3) is 3.19. The predicted octanol–water partition coefficient (Wildman–Crippen LogP) is 3.91. The van der Waals surface area contributed by atoms with Gasteiger partial charge in [0.15, 0.2) is 5.72 Å². The topological polar surface area (TPSA) is 62.1 Å². The molecule has 1 N–H and O–H groups in total. The SMILES string of the molecule is CCC1=NN(C(=O)c2ccccc2OC)C(O)(c2ccc(Br)cc2)C1. The van der Waals surface area contributed by atoms with Gasteiger partial charge in [0.05, 0.1) is 12.7 Å². The predicted molar refractivity (Wildman–Crippen MR) is 99.5 cm³/mol. The zero-order valence-electron chi connectivity index (χ0n) is 14.1. The fourth-order valence-corrected chi connectivity index (χ4v) is 3.17. The fraction of sp³-hybridized carbons (Fsp3) is 0.263. The van der Waals surface area contributed by atoms with E-state index in [1.165, 1.54) is 12.1 Å². The van der Waals surface area contributed by atoms with E-state index in [1.807, 2.05) is 19.1 Å². The second-order valence-electron chi connectivity index (χ2n) is 5.84. The highest BCUT2D eigenvalue weighted by molar-refractivity contribution is 9.10. The van der Waals surface area contributed by atoms with Crippen molar-refractivity contribution in [2.45, 2.75) is 25.5 Å². The van der Waals surface area contributed by atoms with Gasteiger partial charge >= 0.3 is 0 Å². The summed E-state index contributed by atoms with van der Waals surface area (Å²) in [6.45, 7) is 1.96. The highest BCUT2D eigenvalue weighted by atomic mass is 79.9. The lowest BCUT2D eigenvalue weighted by atomic mass is 9.96. The Bertz CT molecular complexity index is 820. The van der Waals surface area contributed by atoms with Gasteiger partial charge < -0.3 is 9.84 Å². The molecular formula is C19H19BrN2O3. The summed E-state index contributed by atoms with van der Waals surface area (Å²) in [5, 5.41) is 16.9. The van der Waals surface area contributed by atoms with Crippen LogP contribution in [-0.2, 0) is 5.72 Å². The van der Waals surface area contributed by atoms with Crippen LogP contribution in [0.5, 0.6) is 5.75 Å². The van der Waals surface area contributed by atoms with Crippen molar-refractivity contribution in [1.29, 1.82) is 0 Å². The van der Waals surface area contributed by atoms with Crippen molar-refractivity contribution in [2.24, 2.45) is 5.10 Å². The number of halogens is 1. The van der Waals surface area contributed by atoms with Crippen molar-refractivity contribution in [3.8, 4) is 5.75 Å². The lowest BCUT2D eigenvalue weighted by Crippen LogP contribution is -2.43. The van der Waals surface area contributed by atoms with Crippen LogP contribution in [0.2, 0.25) is 0 Å². The van der Waals surface area contributed by atoms with E-state index < -0.39 is 11.6 Å². The van der Waals surface area contributed by atoms with Gasteiger partial charge in [-0.3, -0.25) is 4.79 Å². The van der Waals surface area contributed by atoms with E-state index in [1.54, 1.807) is 36.4 Å². The molecule has 1 heterocycles. The minimum Gasteiger partial charge on any atom is -0.496 e. The number of aliphatic hydroxyl groups is 1. The highest BCUT2D eigenvalue weighted by Crippen LogP contribution is 2.38. The number of ether oxygens (including phenoxy) is 1. The number of amides is 1. The molecule has 0 radical (unpaired) electrons. The Morgan fingerprint density at radius 3 is 2.60 bits per heavy atom. The Labute approximate surface area is 155 Å². The van der Waals surface area contributed by atoms with Crippen LogP contribution in [0, 0.1) is 0 Å². The first-order valence-corrected chi connectivity index (χ1v) is 8.81. The Morgan fingerprint density at radius 2 is 1.96 bits per heavy atom. The molecule has 0 aromatic heterocycles. The molecule has 3 rings (SSSR count). The van der Waals surface area contributed by atoms with Gasteiger partial charge in [0.25, 0.3) is 5.91 Å². The third-order valence-electron chi connectivity index (χ3n) is 4.29. The molecule has 0 spiro atoms. The van der Waals surface area contributed by atoms with Crippen molar-refractivity contribution in [2.75, 3.05) is 7.11 Å². The summed E-state index contributed by atoms with van der Waals surface area (Å²) in [4.78, 5) is 13.1. The number of para-hydroxylation sites is 1. The van der Waals surface area contributed by atoms with Crippen molar-refractivity contribution < 1.29 is 14.6 Å². The van der Waals surface area contributed by atoms with E-state index in [4.69, 9.17) is 4.74 Å². The molecule has 1 amide bonds. The molecule has 2 aromatic rings. The standard InChI is InChI=1S/C19H19BrN2O3/c1-3-15-12-19(24,13-8-10-14(20)11-9-13)22(21-15)18(23)16-6-4-5-7-17(16)25-2/h4-11,24H,3,12H2,1-2H3. The van der Waals surface area contributed by atoms with Crippen LogP contribution >= 0.6 is 15.9 Å². The van der Waals surface area contributed by atoms with Crippen LogP contribution < -0.4 is 4.74 Å². The van der Waals surface area contributed by atoms with Crippen LogP contribution in [0.4, 0.5) is 0 Å². The number of hydrogen-bond donors (Lipinski definition) is 1. The molecule has 1 aliphatic rings. The Hall–Kier alpha value is -2.18. The van der Waals surface area contributed by atoms with Crippen molar-refractivity contribution >= 4 is 27.5 Å². The lowest BCUT2D eigenvalue weighted by Gasteiger charge is -2.31. The smallest absolute Gasteiger partial charge is 0.280 e. The first-order valence-electron chi connectivity index (χ1n) is 8.02. The third-order valence-corrected chi connectivity index (χ3v) is 4.82. The minimum atomic E-state index is -1.51. The van der Waals surface area contributed by atoms with Gasteiger partial charge in [-0.15, -0.1) is 0 Å². The Morgan fingerprint density at radius 1 is 1.28 bits per heavy atom. The summed E-state index contributed by atoms with van der Waals surface area (Å²) >= 11 is 3.39. The minimum absolute atomic E-state index is 0.284. The number of hydrazone groups is 1. The zero-order chi connectivity index (χ0) is 18.0. The van der Waals surface area contributed by atoms with E-state index in [0.717, 1.165) is 10.2 Å². The number of hydrogen-bond acceptors (Lipinski definition) is 4. The molecule has 0 saturated carbocycles. The average molecular weight is 403 g/mol. The Kier molecular flexibility index (Phi) is 4.92. The van der Waals surface area contributed by atoms with E-state index >= 15 is 0 Å². The van der Waals surface area contributed by atoms with Gasteiger partial charge in [-0.25, -0.2) is 0 Å². The summed E-state index contributed by atoms with van der Waals surface area (Å²) in [5.74, 6) is 0.0529. The number of rotatable bonds is 4. The quantitative estimate of drug-likeness (QED) is 0.842. The zero-order valence-corrected chi connectivity index (χ0v) is 15.7. The second kappa shape index (κ2) is 6.98. The van der Waals surface area contributed by atoms with Crippen LogP contribution in [0.3, 0.4) is 0 Å². The van der Waals surface area contributed by atoms with Crippen molar-refractivity contribution in [1.82, 2.24) is 5.01 Å². The molecule has 5 nitrogen and oxygen atoms in total.